The molecule has 5 heteroatoms. The monoisotopic (exact) mass is 407 g/mol. The lowest BCUT2D eigenvalue weighted by atomic mass is 10.0. The molecule has 4 nitrogen and oxygen atoms in total. The van der Waals surface area contributed by atoms with Gasteiger partial charge in [-0.15, -0.1) is 0 Å². The number of rotatable bonds is 2. The van der Waals surface area contributed by atoms with Gasteiger partial charge in [0.05, 0.1) is 0 Å². The molecule has 0 fully saturated rings. The first kappa shape index (κ1) is 17.1. The second kappa shape index (κ2) is 6.65. The molecule has 0 N–H and O–H groups in total. The van der Waals surface area contributed by atoms with Crippen molar-refractivity contribution in [2.75, 3.05) is 0 Å². The van der Waals surface area contributed by atoms with Crippen LogP contribution < -0.4 is 0 Å². The van der Waals surface area contributed by atoms with Crippen molar-refractivity contribution in [1.29, 1.82) is 0 Å². The first-order valence-electron chi connectivity index (χ1n) is 9.58. The molecule has 0 aliphatic rings. The van der Waals surface area contributed by atoms with Crippen LogP contribution in [0.4, 0.5) is 0 Å². The third-order valence-electron chi connectivity index (χ3n) is 5.26. The highest BCUT2D eigenvalue weighted by Gasteiger charge is 2.13. The van der Waals surface area contributed by atoms with Crippen molar-refractivity contribution in [2.24, 2.45) is 0 Å². The number of hydrogen-bond donors (Lipinski definition) is 0. The Labute approximate surface area is 176 Å². The summed E-state index contributed by atoms with van der Waals surface area (Å²) in [5, 5.41) is 4.47. The molecule has 30 heavy (non-hydrogen) atoms. The highest BCUT2D eigenvalue weighted by molar-refractivity contribution is 6.28. The number of hydrogen-bond acceptors (Lipinski definition) is 4. The van der Waals surface area contributed by atoms with Gasteiger partial charge in [-0.3, -0.25) is 0 Å². The van der Waals surface area contributed by atoms with Crippen LogP contribution in [-0.2, 0) is 0 Å². The van der Waals surface area contributed by atoms with Crippen LogP contribution in [0.15, 0.2) is 89.3 Å². The van der Waals surface area contributed by atoms with Crippen LogP contribution in [0.3, 0.4) is 0 Å². The lowest BCUT2D eigenvalue weighted by Gasteiger charge is -2.06. The van der Waals surface area contributed by atoms with Gasteiger partial charge < -0.3 is 4.42 Å². The summed E-state index contributed by atoms with van der Waals surface area (Å²) < 4.78 is 6.19. The zero-order valence-electron chi connectivity index (χ0n) is 15.7. The molecule has 2 heterocycles. The lowest BCUT2D eigenvalue weighted by molar-refractivity contribution is 0.672. The predicted octanol–water partition coefficient (Wildman–Crippen LogP) is 6.91. The van der Waals surface area contributed by atoms with E-state index in [0.717, 1.165) is 43.8 Å². The van der Waals surface area contributed by atoms with E-state index in [2.05, 4.69) is 45.3 Å². The fraction of sp³-hybridized carbons (Fsp3) is 0. The highest BCUT2D eigenvalue weighted by Crippen LogP contribution is 2.35. The molecule has 2 aromatic heterocycles. The Hall–Kier alpha value is -3.76. The second-order valence-electron chi connectivity index (χ2n) is 7.09. The average Bonchev–Trinajstić information content (AvgIpc) is 3.18. The number of halogens is 1. The van der Waals surface area contributed by atoms with E-state index in [1.54, 1.807) is 0 Å². The molecule has 0 saturated carbocycles. The maximum atomic E-state index is 6.24. The minimum atomic E-state index is 0.167. The summed E-state index contributed by atoms with van der Waals surface area (Å²) in [6, 6.07) is 28.1. The summed E-state index contributed by atoms with van der Waals surface area (Å²) in [5.74, 6) is 1.08. The fourth-order valence-corrected chi connectivity index (χ4v) is 4.00. The van der Waals surface area contributed by atoms with Crippen LogP contribution >= 0.6 is 11.6 Å². The minimum Gasteiger partial charge on any atom is -0.455 e. The van der Waals surface area contributed by atoms with Crippen LogP contribution in [0.25, 0.3) is 55.5 Å². The van der Waals surface area contributed by atoms with Crippen LogP contribution in [0.2, 0.25) is 5.28 Å². The van der Waals surface area contributed by atoms with Gasteiger partial charge in [-0.2, -0.15) is 9.97 Å². The van der Waals surface area contributed by atoms with Gasteiger partial charge in [0.2, 0.25) is 5.28 Å². The van der Waals surface area contributed by atoms with Crippen LogP contribution in [0.5, 0.6) is 0 Å². The Morgan fingerprint density at radius 1 is 0.600 bits per heavy atom. The maximum absolute atomic E-state index is 6.24. The molecule has 0 saturated heterocycles. The molecule has 142 valence electrons. The van der Waals surface area contributed by atoms with E-state index in [0.29, 0.717) is 11.6 Å². The second-order valence-corrected chi connectivity index (χ2v) is 7.43. The molecule has 6 rings (SSSR count). The smallest absolute Gasteiger partial charge is 0.226 e. The third kappa shape index (κ3) is 2.73. The topological polar surface area (TPSA) is 51.8 Å². The maximum Gasteiger partial charge on any atom is 0.226 e. The van der Waals surface area contributed by atoms with Crippen molar-refractivity contribution in [2.45, 2.75) is 0 Å². The van der Waals surface area contributed by atoms with Gasteiger partial charge in [0.15, 0.2) is 11.6 Å². The van der Waals surface area contributed by atoms with Gasteiger partial charge in [0.1, 0.15) is 11.2 Å². The highest BCUT2D eigenvalue weighted by atomic mass is 35.5. The number of fused-ring (bicyclic) bond motifs is 5. The molecule has 6 aromatic rings. The molecule has 0 aliphatic carbocycles. The van der Waals surface area contributed by atoms with E-state index in [4.69, 9.17) is 16.0 Å². The molecular formula is C25H14ClN3O. The van der Waals surface area contributed by atoms with Crippen LogP contribution in [0, 0.1) is 0 Å². The predicted molar refractivity (Wildman–Crippen MR) is 120 cm³/mol. The first-order valence-corrected chi connectivity index (χ1v) is 9.95. The van der Waals surface area contributed by atoms with E-state index in [1.165, 1.54) is 0 Å². The van der Waals surface area contributed by atoms with Crippen molar-refractivity contribution in [3.63, 3.8) is 0 Å². The van der Waals surface area contributed by atoms with E-state index in [1.807, 2.05) is 54.6 Å². The van der Waals surface area contributed by atoms with Crippen molar-refractivity contribution >= 4 is 44.3 Å². The zero-order chi connectivity index (χ0) is 20.1. The summed E-state index contributed by atoms with van der Waals surface area (Å²) in [5.41, 5.74) is 3.49. The molecule has 4 aromatic carbocycles. The third-order valence-corrected chi connectivity index (χ3v) is 5.43. The Balaban J connectivity index is 1.58. The standard InChI is InChI=1S/C25H14ClN3O/c26-25-28-23(16-6-2-1-3-7-16)27-24(29-25)17-11-10-15-12-13-19-18-8-4-5-9-21(18)30-22(19)20(15)14-17/h1-14H. The van der Waals surface area contributed by atoms with Gasteiger partial charge in [-0.1, -0.05) is 66.7 Å². The molecule has 0 radical (unpaired) electrons. The molecule has 0 atom stereocenters. The molecule has 0 amide bonds. The van der Waals surface area contributed by atoms with Crippen molar-refractivity contribution in [1.82, 2.24) is 15.0 Å². The van der Waals surface area contributed by atoms with Gasteiger partial charge in [-0.05, 0) is 35.2 Å². The summed E-state index contributed by atoms with van der Waals surface area (Å²) in [6.07, 6.45) is 0. The minimum absolute atomic E-state index is 0.167. The van der Waals surface area contributed by atoms with E-state index in [-0.39, 0.29) is 5.28 Å². The van der Waals surface area contributed by atoms with E-state index in [9.17, 15) is 0 Å². The first-order chi connectivity index (χ1) is 14.8. The molecule has 0 spiro atoms. The number of aromatic nitrogens is 3. The Bertz CT molecular complexity index is 1560. The van der Waals surface area contributed by atoms with E-state index < -0.39 is 0 Å². The number of furan rings is 1. The number of nitrogens with zero attached hydrogens (tertiary/aromatic N) is 3. The van der Waals surface area contributed by atoms with Gasteiger partial charge in [-0.25, -0.2) is 4.98 Å². The number of benzene rings is 4. The van der Waals surface area contributed by atoms with Crippen molar-refractivity contribution in [3.05, 3.63) is 90.2 Å². The largest absolute Gasteiger partial charge is 0.455 e. The summed E-state index contributed by atoms with van der Waals surface area (Å²) in [6.45, 7) is 0. The molecular weight excluding hydrogens is 394 g/mol. The molecule has 0 unspecified atom stereocenters. The van der Waals surface area contributed by atoms with Crippen LogP contribution in [-0.4, -0.2) is 15.0 Å². The van der Waals surface area contributed by atoms with Gasteiger partial charge >= 0.3 is 0 Å². The van der Waals surface area contributed by atoms with Gasteiger partial charge in [0.25, 0.3) is 0 Å². The number of para-hydroxylation sites is 1. The molecule has 0 bridgehead atoms. The quantitative estimate of drug-likeness (QED) is 0.313. The van der Waals surface area contributed by atoms with Gasteiger partial charge in [0, 0.05) is 27.3 Å². The Kier molecular flexibility index (Phi) is 3.79. The SMILES string of the molecule is Clc1nc(-c2ccccc2)nc(-c2ccc3ccc4c5ccccc5oc4c3c2)n1. The van der Waals surface area contributed by atoms with Crippen molar-refractivity contribution in [3.8, 4) is 22.8 Å². The summed E-state index contributed by atoms with van der Waals surface area (Å²) in [4.78, 5) is 13.3. The zero-order valence-corrected chi connectivity index (χ0v) is 16.5. The van der Waals surface area contributed by atoms with E-state index >= 15 is 0 Å². The summed E-state index contributed by atoms with van der Waals surface area (Å²) in [7, 11) is 0. The molecule has 0 aliphatic heterocycles. The summed E-state index contributed by atoms with van der Waals surface area (Å²) >= 11 is 6.24. The fourth-order valence-electron chi connectivity index (χ4n) is 3.84. The lowest BCUT2D eigenvalue weighted by Crippen LogP contribution is -1.97. The Morgan fingerprint density at radius 2 is 1.33 bits per heavy atom. The normalized spacial score (nSPS) is 11.5. The Morgan fingerprint density at radius 3 is 2.20 bits per heavy atom. The average molecular weight is 408 g/mol. The van der Waals surface area contributed by atoms with Crippen LogP contribution in [0.1, 0.15) is 0 Å². The van der Waals surface area contributed by atoms with Crippen molar-refractivity contribution < 1.29 is 4.42 Å².